The average molecular weight is 574 g/mol. The molecule has 0 unspecified atom stereocenters. The maximum Gasteiger partial charge on any atom is 0.416 e. The second-order valence-corrected chi connectivity index (χ2v) is 12.5. The fraction of sp³-hybridized carbons (Fsp3) is 0.577. The number of thiazole rings is 1. The van der Waals surface area contributed by atoms with Gasteiger partial charge in [-0.25, -0.2) is 9.78 Å². The van der Waals surface area contributed by atoms with Crippen LogP contribution in [-0.4, -0.2) is 51.9 Å². The molecule has 1 aliphatic rings. The minimum Gasteiger partial charge on any atom is -0.481 e. The van der Waals surface area contributed by atoms with Crippen molar-refractivity contribution in [3.63, 3.8) is 0 Å². The molecule has 0 saturated heterocycles. The number of alkyl halides is 3. The molecule has 1 aromatic carbocycles. The summed E-state index contributed by atoms with van der Waals surface area (Å²) in [6.45, 7) is 5.61. The van der Waals surface area contributed by atoms with E-state index in [1.165, 1.54) is 35.2 Å². The highest BCUT2D eigenvalue weighted by Gasteiger charge is 2.33. The van der Waals surface area contributed by atoms with Crippen molar-refractivity contribution >= 4 is 40.2 Å². The number of nitrogens with one attached hydrogen (secondary N) is 1. The Morgan fingerprint density at radius 1 is 1.21 bits per heavy atom. The number of ether oxygens (including phenoxy) is 1. The molecule has 0 aliphatic heterocycles. The molecule has 2 aromatic rings. The van der Waals surface area contributed by atoms with Crippen molar-refractivity contribution < 1.29 is 32.6 Å². The Hall–Kier alpha value is -2.31. The lowest BCUT2D eigenvalue weighted by Crippen LogP contribution is -2.46. The van der Waals surface area contributed by atoms with Gasteiger partial charge >= 0.3 is 18.2 Å². The normalized spacial score (nSPS) is 18.3. The number of thioether (sulfide) groups is 1. The molecule has 7 nitrogen and oxygen atoms in total. The number of hydrogen-bond acceptors (Lipinski definition) is 6. The first-order chi connectivity index (χ1) is 17.9. The van der Waals surface area contributed by atoms with Crippen LogP contribution in [0.4, 0.5) is 23.1 Å². The molecular weight excluding hydrogens is 539 g/mol. The summed E-state index contributed by atoms with van der Waals surface area (Å²) >= 11 is 2.64. The highest BCUT2D eigenvalue weighted by Crippen LogP contribution is 2.34. The molecule has 1 aliphatic carbocycles. The summed E-state index contributed by atoms with van der Waals surface area (Å²) in [6.07, 6.45) is 0.816. The van der Waals surface area contributed by atoms with Gasteiger partial charge in [0.1, 0.15) is 0 Å². The number of nitrogens with zero attached hydrogens (tertiary/aromatic N) is 2. The summed E-state index contributed by atoms with van der Waals surface area (Å²) in [6, 6.07) is 4.98. The second-order valence-electron chi connectivity index (χ2n) is 10.2. The summed E-state index contributed by atoms with van der Waals surface area (Å²) in [7, 11) is 0. The van der Waals surface area contributed by atoms with E-state index in [0.717, 1.165) is 36.0 Å². The van der Waals surface area contributed by atoms with E-state index in [0.29, 0.717) is 16.8 Å². The minimum atomic E-state index is -4.46. The Morgan fingerprint density at radius 3 is 2.55 bits per heavy atom. The number of amides is 2. The van der Waals surface area contributed by atoms with Gasteiger partial charge in [-0.2, -0.15) is 13.2 Å². The number of benzene rings is 1. The Labute approximate surface area is 229 Å². The van der Waals surface area contributed by atoms with Crippen LogP contribution >= 0.6 is 23.1 Å². The largest absolute Gasteiger partial charge is 0.481 e. The van der Waals surface area contributed by atoms with Gasteiger partial charge in [0.2, 0.25) is 0 Å². The Balaban J connectivity index is 1.60. The molecule has 38 heavy (non-hydrogen) atoms. The highest BCUT2D eigenvalue weighted by molar-refractivity contribution is 8.01. The number of halogens is 3. The van der Waals surface area contributed by atoms with Gasteiger partial charge in [0.25, 0.3) is 0 Å². The van der Waals surface area contributed by atoms with Gasteiger partial charge in [0.05, 0.1) is 34.6 Å². The fourth-order valence-corrected chi connectivity index (χ4v) is 6.08. The van der Waals surface area contributed by atoms with Crippen LogP contribution in [0.5, 0.6) is 0 Å². The van der Waals surface area contributed by atoms with Gasteiger partial charge in [-0.3, -0.25) is 10.1 Å². The van der Waals surface area contributed by atoms with Crippen molar-refractivity contribution in [2.24, 2.45) is 11.3 Å². The van der Waals surface area contributed by atoms with Gasteiger partial charge in [0, 0.05) is 18.3 Å². The minimum absolute atomic E-state index is 0.00225. The number of carboxylic acid groups (broad SMARTS) is 1. The van der Waals surface area contributed by atoms with Gasteiger partial charge in [0.15, 0.2) is 5.13 Å². The highest BCUT2D eigenvalue weighted by atomic mass is 32.2. The lowest BCUT2D eigenvalue weighted by molar-refractivity contribution is -0.145. The zero-order valence-electron chi connectivity index (χ0n) is 21.7. The maximum atomic E-state index is 13.3. The lowest BCUT2D eigenvalue weighted by atomic mass is 9.86. The first kappa shape index (κ1) is 30.2. The number of urea groups is 1. The third-order valence-electron chi connectivity index (χ3n) is 6.60. The summed E-state index contributed by atoms with van der Waals surface area (Å²) < 4.78 is 46.2. The lowest BCUT2D eigenvalue weighted by Gasteiger charge is -2.36. The van der Waals surface area contributed by atoms with Gasteiger partial charge < -0.3 is 14.7 Å². The SMILES string of the molecule is CC(C)(CSc1cnc(NC(=O)N(CCOCc2ccccc2C(F)(F)F)[C@H]2CC[C@H](C)CC2)s1)C(=O)O. The fourth-order valence-electron chi connectivity index (χ4n) is 4.13. The van der Waals surface area contributed by atoms with E-state index in [-0.39, 0.29) is 37.4 Å². The van der Waals surface area contributed by atoms with E-state index >= 15 is 0 Å². The van der Waals surface area contributed by atoms with Gasteiger partial charge in [-0.05, 0) is 57.1 Å². The molecule has 1 heterocycles. The van der Waals surface area contributed by atoms with Crippen LogP contribution in [0.1, 0.15) is 57.6 Å². The van der Waals surface area contributed by atoms with Crippen molar-refractivity contribution in [1.29, 1.82) is 0 Å². The van der Waals surface area contributed by atoms with Crippen LogP contribution in [0.3, 0.4) is 0 Å². The molecule has 0 spiro atoms. The summed E-state index contributed by atoms with van der Waals surface area (Å²) in [5, 5.41) is 12.5. The molecular formula is C26H34F3N3O4S2. The van der Waals surface area contributed by atoms with E-state index in [1.807, 2.05) is 0 Å². The third-order valence-corrected chi connectivity index (χ3v) is 9.16. The molecule has 2 amide bonds. The summed E-state index contributed by atoms with van der Waals surface area (Å²) in [5.41, 5.74) is -1.56. The number of aliphatic carboxylic acids is 1. The Bertz CT molecular complexity index is 1090. The quantitative estimate of drug-likeness (QED) is 0.222. The second kappa shape index (κ2) is 13.2. The van der Waals surface area contributed by atoms with Gasteiger partial charge in [-0.1, -0.05) is 36.5 Å². The first-order valence-electron chi connectivity index (χ1n) is 12.5. The third kappa shape index (κ3) is 8.60. The van der Waals surface area contributed by atoms with Crippen molar-refractivity contribution in [3.8, 4) is 0 Å². The number of carboxylic acids is 1. The predicted molar refractivity (Wildman–Crippen MR) is 142 cm³/mol. The molecule has 1 aromatic heterocycles. The summed E-state index contributed by atoms with van der Waals surface area (Å²) in [4.78, 5) is 30.6. The smallest absolute Gasteiger partial charge is 0.416 e. The monoisotopic (exact) mass is 573 g/mol. The van der Waals surface area contributed by atoms with E-state index in [4.69, 9.17) is 4.74 Å². The number of carbonyl (C=O) groups excluding carboxylic acids is 1. The van der Waals surface area contributed by atoms with E-state index < -0.39 is 23.1 Å². The molecule has 2 N–H and O–H groups in total. The van der Waals surface area contributed by atoms with Crippen LogP contribution in [0, 0.1) is 11.3 Å². The van der Waals surface area contributed by atoms with Gasteiger partial charge in [-0.15, -0.1) is 11.8 Å². The van der Waals surface area contributed by atoms with Crippen LogP contribution in [-0.2, 0) is 22.3 Å². The zero-order valence-corrected chi connectivity index (χ0v) is 23.3. The van der Waals surface area contributed by atoms with Crippen LogP contribution in [0.2, 0.25) is 0 Å². The standard InChI is InChI=1S/C26H34F3N3O4S2/c1-17-8-10-19(11-9-17)32(12-13-36-15-18-6-4-5-7-20(18)26(27,28)29)24(35)31-23-30-14-21(38-23)37-16-25(2,3)22(33)34/h4-7,14,17,19H,8-13,15-16H2,1-3H3,(H,33,34)(H,30,31,35)/t17-,19-. The zero-order chi connectivity index (χ0) is 27.9. The number of aromatic nitrogens is 1. The number of carbonyl (C=O) groups is 2. The number of anilines is 1. The number of hydrogen-bond donors (Lipinski definition) is 2. The number of rotatable bonds is 11. The molecule has 1 saturated carbocycles. The topological polar surface area (TPSA) is 91.8 Å². The van der Waals surface area contributed by atoms with Crippen molar-refractivity contribution in [2.45, 2.75) is 69.5 Å². The van der Waals surface area contributed by atoms with Crippen LogP contribution < -0.4 is 5.32 Å². The summed E-state index contributed by atoms with van der Waals surface area (Å²) in [5.74, 6) is 0.0588. The molecule has 0 radical (unpaired) electrons. The first-order valence-corrected chi connectivity index (χ1v) is 14.3. The molecule has 0 atom stereocenters. The average Bonchev–Trinajstić information content (AvgIpc) is 3.30. The molecule has 12 heteroatoms. The van der Waals surface area contributed by atoms with E-state index in [1.54, 1.807) is 31.0 Å². The van der Waals surface area contributed by atoms with E-state index in [2.05, 4.69) is 17.2 Å². The molecule has 210 valence electrons. The Morgan fingerprint density at radius 2 is 1.89 bits per heavy atom. The maximum absolute atomic E-state index is 13.3. The van der Waals surface area contributed by atoms with Crippen molar-refractivity contribution in [2.75, 3.05) is 24.2 Å². The predicted octanol–water partition coefficient (Wildman–Crippen LogP) is 6.99. The molecule has 0 bridgehead atoms. The van der Waals surface area contributed by atoms with Crippen molar-refractivity contribution in [1.82, 2.24) is 9.88 Å². The van der Waals surface area contributed by atoms with E-state index in [9.17, 15) is 27.9 Å². The molecule has 3 rings (SSSR count). The van der Waals surface area contributed by atoms with Crippen LogP contribution in [0.15, 0.2) is 34.7 Å². The van der Waals surface area contributed by atoms with Crippen LogP contribution in [0.25, 0.3) is 0 Å². The Kier molecular flexibility index (Phi) is 10.5. The van der Waals surface area contributed by atoms with Crippen molar-refractivity contribution in [3.05, 3.63) is 41.6 Å². The molecule has 1 fully saturated rings.